The smallest absolute Gasteiger partial charge is 0.244 e. The lowest BCUT2D eigenvalue weighted by Gasteiger charge is -2.25. The molecular formula is C13H17NO3. The van der Waals surface area contributed by atoms with Gasteiger partial charge in [-0.1, -0.05) is 0 Å². The number of carbonyl (C=O) groups is 1. The lowest BCUT2D eigenvalue weighted by molar-refractivity contribution is -0.117. The topological polar surface area (TPSA) is 62.5 Å². The second-order valence-electron chi connectivity index (χ2n) is 4.36. The fourth-order valence-corrected chi connectivity index (χ4v) is 2.01. The van der Waals surface area contributed by atoms with Crippen molar-refractivity contribution in [2.45, 2.75) is 37.8 Å². The maximum absolute atomic E-state index is 11.6. The largest absolute Gasteiger partial charge is 0.465 e. The third-order valence-electron chi connectivity index (χ3n) is 2.99. The van der Waals surface area contributed by atoms with Gasteiger partial charge in [0.15, 0.2) is 0 Å². The summed E-state index contributed by atoms with van der Waals surface area (Å²) >= 11 is 0. The predicted octanol–water partition coefficient (Wildman–Crippen LogP) is 1.71. The molecule has 2 rings (SSSR count). The van der Waals surface area contributed by atoms with Gasteiger partial charge in [-0.2, -0.15) is 0 Å². The van der Waals surface area contributed by atoms with E-state index in [9.17, 15) is 9.90 Å². The van der Waals surface area contributed by atoms with Crippen LogP contribution in [0.2, 0.25) is 0 Å². The molecule has 4 heteroatoms. The molecule has 1 saturated carbocycles. The minimum atomic E-state index is -0.193. The molecule has 0 aliphatic heterocycles. The van der Waals surface area contributed by atoms with E-state index in [-0.39, 0.29) is 18.1 Å². The predicted molar refractivity (Wildman–Crippen MR) is 64.1 cm³/mol. The first kappa shape index (κ1) is 11.9. The van der Waals surface area contributed by atoms with Crippen molar-refractivity contribution in [3.8, 4) is 0 Å². The number of hydrogen-bond acceptors (Lipinski definition) is 3. The second-order valence-corrected chi connectivity index (χ2v) is 4.36. The SMILES string of the molecule is O=C(/C=C/c1ccco1)NC1CCC(O)CC1. The summed E-state index contributed by atoms with van der Waals surface area (Å²) in [5, 5.41) is 12.3. The maximum Gasteiger partial charge on any atom is 0.244 e. The van der Waals surface area contributed by atoms with Crippen LogP contribution in [0.1, 0.15) is 31.4 Å². The Morgan fingerprint density at radius 3 is 2.82 bits per heavy atom. The van der Waals surface area contributed by atoms with Crippen LogP contribution in [0.25, 0.3) is 6.08 Å². The quantitative estimate of drug-likeness (QED) is 0.784. The van der Waals surface area contributed by atoms with Crippen LogP contribution in [-0.2, 0) is 4.79 Å². The number of hydrogen-bond donors (Lipinski definition) is 2. The van der Waals surface area contributed by atoms with Gasteiger partial charge in [-0.05, 0) is 43.9 Å². The summed E-state index contributed by atoms with van der Waals surface area (Å²) in [4.78, 5) is 11.6. The minimum absolute atomic E-state index is 0.109. The molecule has 1 fully saturated rings. The molecule has 17 heavy (non-hydrogen) atoms. The third-order valence-corrected chi connectivity index (χ3v) is 2.99. The van der Waals surface area contributed by atoms with E-state index in [1.54, 1.807) is 24.5 Å². The molecule has 0 aromatic carbocycles. The van der Waals surface area contributed by atoms with Crippen LogP contribution in [0.3, 0.4) is 0 Å². The highest BCUT2D eigenvalue weighted by Crippen LogP contribution is 2.18. The Labute approximate surface area is 100 Å². The lowest BCUT2D eigenvalue weighted by Crippen LogP contribution is -2.37. The van der Waals surface area contributed by atoms with Crippen LogP contribution in [0.15, 0.2) is 28.9 Å². The third kappa shape index (κ3) is 3.75. The number of furan rings is 1. The van der Waals surface area contributed by atoms with E-state index < -0.39 is 0 Å². The summed E-state index contributed by atoms with van der Waals surface area (Å²) in [6, 6.07) is 3.76. The minimum Gasteiger partial charge on any atom is -0.465 e. The molecule has 1 amide bonds. The van der Waals surface area contributed by atoms with Crippen molar-refractivity contribution in [3.63, 3.8) is 0 Å². The van der Waals surface area contributed by atoms with E-state index >= 15 is 0 Å². The van der Waals surface area contributed by atoms with Crippen molar-refractivity contribution < 1.29 is 14.3 Å². The van der Waals surface area contributed by atoms with Crippen molar-refractivity contribution >= 4 is 12.0 Å². The molecule has 92 valence electrons. The van der Waals surface area contributed by atoms with Gasteiger partial charge in [-0.25, -0.2) is 0 Å². The van der Waals surface area contributed by atoms with Gasteiger partial charge in [0, 0.05) is 12.1 Å². The Hall–Kier alpha value is -1.55. The Bertz CT molecular complexity index is 375. The molecule has 0 bridgehead atoms. The molecule has 4 nitrogen and oxygen atoms in total. The van der Waals surface area contributed by atoms with Crippen LogP contribution < -0.4 is 5.32 Å². The zero-order chi connectivity index (χ0) is 12.1. The highest BCUT2D eigenvalue weighted by Gasteiger charge is 2.19. The molecule has 1 aromatic rings. The fourth-order valence-electron chi connectivity index (χ4n) is 2.01. The number of nitrogens with one attached hydrogen (secondary N) is 1. The number of aliphatic hydroxyl groups is 1. The van der Waals surface area contributed by atoms with Crippen molar-refractivity contribution in [2.75, 3.05) is 0 Å². The molecule has 2 N–H and O–H groups in total. The van der Waals surface area contributed by atoms with Gasteiger partial charge in [-0.15, -0.1) is 0 Å². The zero-order valence-corrected chi connectivity index (χ0v) is 9.63. The zero-order valence-electron chi connectivity index (χ0n) is 9.63. The van der Waals surface area contributed by atoms with Crippen molar-refractivity contribution in [1.82, 2.24) is 5.32 Å². The van der Waals surface area contributed by atoms with E-state index in [4.69, 9.17) is 4.42 Å². The van der Waals surface area contributed by atoms with E-state index in [2.05, 4.69) is 5.32 Å². The Balaban J connectivity index is 1.77. The summed E-state index contributed by atoms with van der Waals surface area (Å²) in [7, 11) is 0. The van der Waals surface area contributed by atoms with Gasteiger partial charge in [0.1, 0.15) is 5.76 Å². The van der Waals surface area contributed by atoms with Crippen LogP contribution in [0.5, 0.6) is 0 Å². The Kier molecular flexibility index (Phi) is 3.98. The van der Waals surface area contributed by atoms with Crippen LogP contribution in [0, 0.1) is 0 Å². The van der Waals surface area contributed by atoms with Crippen molar-refractivity contribution in [3.05, 3.63) is 30.2 Å². The number of carbonyl (C=O) groups excluding carboxylic acids is 1. The van der Waals surface area contributed by atoms with Gasteiger partial charge >= 0.3 is 0 Å². The summed E-state index contributed by atoms with van der Waals surface area (Å²) in [5.41, 5.74) is 0. The first-order valence-electron chi connectivity index (χ1n) is 5.94. The van der Waals surface area contributed by atoms with Gasteiger partial charge in [-0.3, -0.25) is 4.79 Å². The summed E-state index contributed by atoms with van der Waals surface area (Å²) in [6.45, 7) is 0. The van der Waals surface area contributed by atoms with Gasteiger partial charge < -0.3 is 14.8 Å². The average Bonchev–Trinajstić information content (AvgIpc) is 2.83. The van der Waals surface area contributed by atoms with Crippen LogP contribution >= 0.6 is 0 Å². The number of aliphatic hydroxyl groups excluding tert-OH is 1. The van der Waals surface area contributed by atoms with E-state index in [1.807, 2.05) is 0 Å². The van der Waals surface area contributed by atoms with E-state index in [0.29, 0.717) is 5.76 Å². The summed E-state index contributed by atoms with van der Waals surface area (Å²) in [5.74, 6) is 0.557. The molecule has 1 aliphatic carbocycles. The molecule has 0 spiro atoms. The molecule has 0 unspecified atom stereocenters. The van der Waals surface area contributed by atoms with Gasteiger partial charge in [0.2, 0.25) is 5.91 Å². The van der Waals surface area contributed by atoms with Crippen LogP contribution in [-0.4, -0.2) is 23.2 Å². The molecule has 1 aromatic heterocycles. The van der Waals surface area contributed by atoms with Gasteiger partial charge in [0.25, 0.3) is 0 Å². The molecule has 1 aliphatic rings. The standard InChI is InChI=1S/C13H17NO3/c15-11-5-3-10(4-6-11)14-13(16)8-7-12-2-1-9-17-12/h1-2,7-11,15H,3-6H2,(H,14,16)/b8-7+. The fraction of sp³-hybridized carbons (Fsp3) is 0.462. The maximum atomic E-state index is 11.6. The van der Waals surface area contributed by atoms with Crippen molar-refractivity contribution in [1.29, 1.82) is 0 Å². The van der Waals surface area contributed by atoms with E-state index in [0.717, 1.165) is 25.7 Å². The normalized spacial score (nSPS) is 25.0. The molecule has 0 saturated heterocycles. The lowest BCUT2D eigenvalue weighted by atomic mass is 9.93. The van der Waals surface area contributed by atoms with Crippen LogP contribution in [0.4, 0.5) is 0 Å². The highest BCUT2D eigenvalue weighted by atomic mass is 16.3. The average molecular weight is 235 g/mol. The van der Waals surface area contributed by atoms with Crippen molar-refractivity contribution in [2.24, 2.45) is 0 Å². The second kappa shape index (κ2) is 5.68. The van der Waals surface area contributed by atoms with E-state index in [1.165, 1.54) is 6.08 Å². The Morgan fingerprint density at radius 1 is 1.41 bits per heavy atom. The molecular weight excluding hydrogens is 218 g/mol. The van der Waals surface area contributed by atoms with Gasteiger partial charge in [0.05, 0.1) is 12.4 Å². The number of rotatable bonds is 3. The molecule has 0 radical (unpaired) electrons. The first-order valence-corrected chi connectivity index (χ1v) is 5.94. The Morgan fingerprint density at radius 2 is 2.18 bits per heavy atom. The first-order chi connectivity index (χ1) is 8.24. The summed E-state index contributed by atoms with van der Waals surface area (Å²) in [6.07, 6.45) is 7.74. The monoisotopic (exact) mass is 235 g/mol. The molecule has 0 atom stereocenters. The molecule has 1 heterocycles. The number of amides is 1. The summed E-state index contributed by atoms with van der Waals surface area (Å²) < 4.78 is 5.09. The highest BCUT2D eigenvalue weighted by molar-refractivity contribution is 5.91.